The predicted octanol–water partition coefficient (Wildman–Crippen LogP) is 1.22. The first-order valence-corrected chi connectivity index (χ1v) is 10.2. The van der Waals surface area contributed by atoms with Crippen LogP contribution in [0.15, 0.2) is 53.1 Å². The van der Waals surface area contributed by atoms with Gasteiger partial charge in [-0.25, -0.2) is 23.3 Å². The fourth-order valence-corrected chi connectivity index (χ4v) is 3.28. The molecule has 0 spiro atoms. The second kappa shape index (κ2) is 8.14. The number of carbonyl (C=O) groups is 3. The summed E-state index contributed by atoms with van der Waals surface area (Å²) in [5.74, 6) is -1.60. The Bertz CT molecular complexity index is 1180. The van der Waals surface area contributed by atoms with Crippen LogP contribution in [0.3, 0.4) is 0 Å². The van der Waals surface area contributed by atoms with Crippen molar-refractivity contribution >= 4 is 51.2 Å². The fourth-order valence-electron chi connectivity index (χ4n) is 2.58. The number of nitrogens with two attached hydrogens (primary N) is 1. The van der Waals surface area contributed by atoms with Crippen LogP contribution in [0.1, 0.15) is 5.56 Å². The fraction of sp³-hybridized carbons (Fsp3) is 0.0556. The van der Waals surface area contributed by atoms with Gasteiger partial charge in [-0.3, -0.25) is 9.59 Å². The minimum absolute atomic E-state index is 0.131. The number of amides is 4. The molecule has 12 heteroatoms. The lowest BCUT2D eigenvalue weighted by Crippen LogP contribution is -2.38. The molecule has 3 rings (SSSR count). The molecule has 10 nitrogen and oxygen atoms in total. The van der Waals surface area contributed by atoms with Gasteiger partial charge in [0.2, 0.25) is 15.9 Å². The molecule has 1 fully saturated rings. The topological polar surface area (TPSA) is 159 Å². The van der Waals surface area contributed by atoms with E-state index in [1.165, 1.54) is 48.5 Å². The minimum atomic E-state index is -3.87. The predicted molar refractivity (Wildman–Crippen MR) is 108 cm³/mol. The zero-order valence-corrected chi connectivity index (χ0v) is 16.7. The van der Waals surface area contributed by atoms with Gasteiger partial charge in [-0.2, -0.15) is 0 Å². The maximum absolute atomic E-state index is 12.5. The van der Waals surface area contributed by atoms with Gasteiger partial charge in [-0.05, 0) is 48.5 Å². The lowest BCUT2D eigenvalue weighted by atomic mass is 10.1. The van der Waals surface area contributed by atoms with Crippen LogP contribution >= 0.6 is 11.6 Å². The van der Waals surface area contributed by atoms with Crippen molar-refractivity contribution in [1.82, 2.24) is 10.2 Å². The summed E-state index contributed by atoms with van der Waals surface area (Å²) in [5, 5.41) is 19.9. The van der Waals surface area contributed by atoms with Crippen molar-refractivity contribution < 1.29 is 27.9 Å². The van der Waals surface area contributed by atoms with E-state index < -0.39 is 34.4 Å². The number of nitrogens with zero attached hydrogens (tertiary/aromatic N) is 1. The molecule has 1 aliphatic heterocycles. The summed E-state index contributed by atoms with van der Waals surface area (Å²) in [6.45, 7) is -0.583. The number of hydrogen-bond acceptors (Lipinski definition) is 6. The number of aromatic hydroxyl groups is 1. The van der Waals surface area contributed by atoms with E-state index in [0.717, 1.165) is 0 Å². The molecule has 4 amide bonds. The largest absolute Gasteiger partial charge is 0.507 e. The SMILES string of the molecule is NS(=O)(=O)c1ccc(NC(=O)CN2C(=O)N/C(=C\c3cc(Cl)ccc3O)C2=O)cc1. The Labute approximate surface area is 176 Å². The van der Waals surface area contributed by atoms with E-state index in [0.29, 0.717) is 9.92 Å². The second-order valence-corrected chi connectivity index (χ2v) is 8.20. The number of halogens is 1. The Balaban J connectivity index is 1.70. The van der Waals surface area contributed by atoms with Crippen LogP contribution in [0.2, 0.25) is 5.02 Å². The van der Waals surface area contributed by atoms with Gasteiger partial charge in [-0.15, -0.1) is 0 Å². The number of carbonyl (C=O) groups excluding carboxylic acids is 3. The Morgan fingerprint density at radius 2 is 1.87 bits per heavy atom. The molecule has 0 aromatic heterocycles. The van der Waals surface area contributed by atoms with Gasteiger partial charge in [0.1, 0.15) is 18.0 Å². The average Bonchev–Trinajstić information content (AvgIpc) is 2.92. The first-order valence-electron chi connectivity index (χ1n) is 8.30. The molecule has 0 saturated carbocycles. The number of nitrogens with one attached hydrogen (secondary N) is 2. The molecule has 0 aliphatic carbocycles. The van der Waals surface area contributed by atoms with E-state index in [-0.39, 0.29) is 27.6 Å². The average molecular weight is 451 g/mol. The summed E-state index contributed by atoms with van der Waals surface area (Å²) in [5.41, 5.74) is 0.328. The van der Waals surface area contributed by atoms with Gasteiger partial charge in [-0.1, -0.05) is 11.6 Å². The summed E-state index contributed by atoms with van der Waals surface area (Å²) < 4.78 is 22.5. The molecule has 2 aromatic carbocycles. The number of sulfonamides is 1. The van der Waals surface area contributed by atoms with Crippen molar-refractivity contribution in [3.63, 3.8) is 0 Å². The lowest BCUT2D eigenvalue weighted by molar-refractivity contribution is -0.127. The van der Waals surface area contributed by atoms with Crippen molar-refractivity contribution in [2.75, 3.05) is 11.9 Å². The molecular formula is C18H15ClN4O6S. The van der Waals surface area contributed by atoms with E-state index in [1.807, 2.05) is 0 Å². The standard InChI is InChI=1S/C18H15ClN4O6S/c19-11-1-6-15(24)10(7-11)8-14-17(26)23(18(27)22-14)9-16(25)21-12-2-4-13(5-3-12)30(20,28)29/h1-8,24H,9H2,(H,21,25)(H,22,27)(H2,20,28,29)/b14-8-. The van der Waals surface area contributed by atoms with Gasteiger partial charge in [0, 0.05) is 16.3 Å². The number of phenols is 1. The summed E-state index contributed by atoms with van der Waals surface area (Å²) in [7, 11) is -3.87. The van der Waals surface area contributed by atoms with E-state index in [4.69, 9.17) is 16.7 Å². The minimum Gasteiger partial charge on any atom is -0.507 e. The van der Waals surface area contributed by atoms with Gasteiger partial charge in [0.15, 0.2) is 0 Å². The molecule has 0 unspecified atom stereocenters. The monoisotopic (exact) mass is 450 g/mol. The zero-order chi connectivity index (χ0) is 22.1. The molecule has 1 heterocycles. The molecule has 30 heavy (non-hydrogen) atoms. The Morgan fingerprint density at radius 1 is 1.20 bits per heavy atom. The first kappa shape index (κ1) is 21.3. The summed E-state index contributed by atoms with van der Waals surface area (Å²) in [4.78, 5) is 37.3. The van der Waals surface area contributed by atoms with Gasteiger partial charge >= 0.3 is 6.03 Å². The summed E-state index contributed by atoms with van der Waals surface area (Å²) in [6, 6.07) is 8.43. The second-order valence-electron chi connectivity index (χ2n) is 6.20. The highest BCUT2D eigenvalue weighted by Crippen LogP contribution is 2.25. The van der Waals surface area contributed by atoms with Crippen molar-refractivity contribution in [3.8, 4) is 5.75 Å². The quantitative estimate of drug-likeness (QED) is 0.396. The normalized spacial score (nSPS) is 15.4. The highest BCUT2D eigenvalue weighted by atomic mass is 35.5. The zero-order valence-electron chi connectivity index (χ0n) is 15.1. The van der Waals surface area contributed by atoms with Crippen molar-refractivity contribution in [3.05, 3.63) is 58.7 Å². The van der Waals surface area contributed by atoms with Gasteiger partial charge in [0.25, 0.3) is 5.91 Å². The van der Waals surface area contributed by atoms with Crippen LogP contribution in [0.5, 0.6) is 5.75 Å². The van der Waals surface area contributed by atoms with E-state index in [2.05, 4.69) is 10.6 Å². The molecule has 0 bridgehead atoms. The summed E-state index contributed by atoms with van der Waals surface area (Å²) in [6.07, 6.45) is 1.24. The number of urea groups is 1. The summed E-state index contributed by atoms with van der Waals surface area (Å²) >= 11 is 5.86. The van der Waals surface area contributed by atoms with Crippen LogP contribution in [0.4, 0.5) is 10.5 Å². The van der Waals surface area contributed by atoms with Crippen molar-refractivity contribution in [2.24, 2.45) is 5.14 Å². The number of benzene rings is 2. The maximum Gasteiger partial charge on any atom is 0.329 e. The maximum atomic E-state index is 12.5. The van der Waals surface area contributed by atoms with Crippen molar-refractivity contribution in [2.45, 2.75) is 4.90 Å². The first-order chi connectivity index (χ1) is 14.0. The Morgan fingerprint density at radius 3 is 2.50 bits per heavy atom. The molecule has 156 valence electrons. The molecule has 0 radical (unpaired) electrons. The van der Waals surface area contributed by atoms with Gasteiger partial charge in [0.05, 0.1) is 4.90 Å². The van der Waals surface area contributed by atoms with Crippen LogP contribution in [0, 0.1) is 0 Å². The Kier molecular flexibility index (Phi) is 5.78. The third-order valence-electron chi connectivity index (χ3n) is 4.02. The molecule has 1 saturated heterocycles. The molecule has 1 aliphatic rings. The number of anilines is 1. The highest BCUT2D eigenvalue weighted by molar-refractivity contribution is 7.89. The number of primary sulfonamides is 1. The van der Waals surface area contributed by atoms with Gasteiger partial charge < -0.3 is 15.7 Å². The van der Waals surface area contributed by atoms with Crippen LogP contribution in [0.25, 0.3) is 6.08 Å². The number of phenolic OH excluding ortho intramolecular Hbond substituents is 1. The number of rotatable bonds is 5. The molecular weight excluding hydrogens is 436 g/mol. The van der Waals surface area contributed by atoms with E-state index in [1.54, 1.807) is 0 Å². The third kappa shape index (κ3) is 4.76. The lowest BCUT2D eigenvalue weighted by Gasteiger charge is -2.12. The molecule has 2 aromatic rings. The van der Waals surface area contributed by atoms with Crippen LogP contribution < -0.4 is 15.8 Å². The Hall–Kier alpha value is -3.41. The number of hydrogen-bond donors (Lipinski definition) is 4. The highest BCUT2D eigenvalue weighted by Gasteiger charge is 2.35. The smallest absolute Gasteiger partial charge is 0.329 e. The van der Waals surface area contributed by atoms with Crippen LogP contribution in [-0.4, -0.2) is 42.8 Å². The van der Waals surface area contributed by atoms with E-state index >= 15 is 0 Å². The van der Waals surface area contributed by atoms with Crippen LogP contribution in [-0.2, 0) is 19.6 Å². The molecule has 0 atom stereocenters. The van der Waals surface area contributed by atoms with E-state index in [9.17, 15) is 27.9 Å². The molecule has 5 N–H and O–H groups in total. The third-order valence-corrected chi connectivity index (χ3v) is 5.18. The number of imide groups is 1. The van der Waals surface area contributed by atoms with Crippen molar-refractivity contribution in [1.29, 1.82) is 0 Å².